The van der Waals surface area contributed by atoms with Gasteiger partial charge in [-0.3, -0.25) is 4.79 Å². The van der Waals surface area contributed by atoms with Crippen LogP contribution in [0.2, 0.25) is 0 Å². The van der Waals surface area contributed by atoms with E-state index in [0.29, 0.717) is 0 Å². The van der Waals surface area contributed by atoms with E-state index in [4.69, 9.17) is 9.47 Å². The molecule has 0 aromatic rings. The summed E-state index contributed by atoms with van der Waals surface area (Å²) in [5.74, 6) is -1.12. The van der Waals surface area contributed by atoms with E-state index in [0.717, 1.165) is 0 Å². The Balaban J connectivity index is 2.64. The zero-order chi connectivity index (χ0) is 9.90. The van der Waals surface area contributed by atoms with Crippen LogP contribution in [0.4, 0.5) is 0 Å². The average molecular weight is 186 g/mol. The number of ether oxygens (including phenoxy) is 3. The van der Waals surface area contributed by atoms with E-state index < -0.39 is 5.79 Å². The molecule has 0 saturated heterocycles. The number of carbonyl (C=O) groups excluding carboxylic acids is 1. The van der Waals surface area contributed by atoms with Crippen molar-refractivity contribution in [1.29, 1.82) is 0 Å². The van der Waals surface area contributed by atoms with Gasteiger partial charge < -0.3 is 14.2 Å². The monoisotopic (exact) mass is 186 g/mol. The minimum absolute atomic E-state index is 0.0848. The third-order valence-corrected chi connectivity index (χ3v) is 2.09. The highest BCUT2D eigenvalue weighted by molar-refractivity contribution is 5.70. The molecular formula is C9H14O4. The lowest BCUT2D eigenvalue weighted by atomic mass is 9.99. The number of methoxy groups -OCH3 is 1. The van der Waals surface area contributed by atoms with Gasteiger partial charge in [-0.05, 0) is 0 Å². The SMILES string of the molecule is COC(=O)CC1(C(C)C)OC=CO1. The molecule has 0 aromatic carbocycles. The zero-order valence-corrected chi connectivity index (χ0v) is 8.07. The number of hydrogen-bond donors (Lipinski definition) is 0. The lowest BCUT2D eigenvalue weighted by Gasteiger charge is -2.30. The van der Waals surface area contributed by atoms with Gasteiger partial charge in [0.15, 0.2) is 0 Å². The van der Waals surface area contributed by atoms with E-state index in [2.05, 4.69) is 4.74 Å². The summed E-state index contributed by atoms with van der Waals surface area (Å²) in [7, 11) is 1.35. The summed E-state index contributed by atoms with van der Waals surface area (Å²) < 4.78 is 15.1. The molecule has 0 unspecified atom stereocenters. The van der Waals surface area contributed by atoms with Gasteiger partial charge in [-0.25, -0.2) is 0 Å². The van der Waals surface area contributed by atoms with Gasteiger partial charge in [0.2, 0.25) is 0 Å². The fraction of sp³-hybridized carbons (Fsp3) is 0.667. The number of carbonyl (C=O) groups is 1. The minimum Gasteiger partial charge on any atom is -0.469 e. The van der Waals surface area contributed by atoms with Gasteiger partial charge in [-0.15, -0.1) is 0 Å². The highest BCUT2D eigenvalue weighted by Gasteiger charge is 2.42. The van der Waals surface area contributed by atoms with Crippen molar-refractivity contribution in [3.8, 4) is 0 Å². The molecule has 1 rings (SSSR count). The van der Waals surface area contributed by atoms with Crippen LogP contribution >= 0.6 is 0 Å². The van der Waals surface area contributed by atoms with Crippen LogP contribution in [-0.2, 0) is 19.0 Å². The van der Waals surface area contributed by atoms with E-state index in [-0.39, 0.29) is 18.3 Å². The van der Waals surface area contributed by atoms with E-state index in [1.165, 1.54) is 19.6 Å². The standard InChI is InChI=1S/C9H14O4/c1-7(2)9(6-8(10)11-3)12-4-5-13-9/h4-5,7H,6H2,1-3H3. The summed E-state index contributed by atoms with van der Waals surface area (Å²) >= 11 is 0. The Bertz CT molecular complexity index is 212. The summed E-state index contributed by atoms with van der Waals surface area (Å²) in [6, 6.07) is 0. The molecule has 0 atom stereocenters. The van der Waals surface area contributed by atoms with Crippen molar-refractivity contribution in [2.24, 2.45) is 5.92 Å². The highest BCUT2D eigenvalue weighted by atomic mass is 16.7. The Morgan fingerprint density at radius 2 is 2.00 bits per heavy atom. The predicted octanol–water partition coefficient (Wildman–Crippen LogP) is 1.42. The first kappa shape index (κ1) is 9.89. The smallest absolute Gasteiger partial charge is 0.313 e. The topological polar surface area (TPSA) is 44.8 Å². The summed E-state index contributed by atoms with van der Waals surface area (Å²) in [4.78, 5) is 11.1. The Labute approximate surface area is 77.5 Å². The summed E-state index contributed by atoms with van der Waals surface area (Å²) in [6.45, 7) is 3.85. The van der Waals surface area contributed by atoms with Crippen molar-refractivity contribution >= 4 is 5.97 Å². The Morgan fingerprint density at radius 1 is 1.46 bits per heavy atom. The minimum atomic E-state index is -0.868. The molecule has 4 heteroatoms. The molecule has 0 bridgehead atoms. The summed E-state index contributed by atoms with van der Waals surface area (Å²) in [6.07, 6.45) is 3.00. The van der Waals surface area contributed by atoms with Crippen LogP contribution in [0.1, 0.15) is 20.3 Å². The molecule has 0 radical (unpaired) electrons. The molecule has 1 aliphatic rings. The molecule has 13 heavy (non-hydrogen) atoms. The van der Waals surface area contributed by atoms with Crippen molar-refractivity contribution in [3.05, 3.63) is 12.5 Å². The summed E-state index contributed by atoms with van der Waals surface area (Å²) in [5.41, 5.74) is 0. The average Bonchev–Trinajstić information content (AvgIpc) is 2.54. The Hall–Kier alpha value is -1.19. The summed E-state index contributed by atoms with van der Waals surface area (Å²) in [5, 5.41) is 0. The molecule has 0 amide bonds. The zero-order valence-electron chi connectivity index (χ0n) is 8.07. The lowest BCUT2D eigenvalue weighted by Crippen LogP contribution is -2.38. The van der Waals surface area contributed by atoms with Gasteiger partial charge in [-0.2, -0.15) is 0 Å². The maximum Gasteiger partial charge on any atom is 0.313 e. The van der Waals surface area contributed by atoms with Gasteiger partial charge in [-0.1, -0.05) is 13.8 Å². The first-order valence-corrected chi connectivity index (χ1v) is 4.18. The van der Waals surface area contributed by atoms with Crippen LogP contribution in [0.15, 0.2) is 12.5 Å². The van der Waals surface area contributed by atoms with Crippen molar-refractivity contribution in [1.82, 2.24) is 0 Å². The number of hydrogen-bond acceptors (Lipinski definition) is 4. The van der Waals surface area contributed by atoms with Gasteiger partial charge >= 0.3 is 5.97 Å². The van der Waals surface area contributed by atoms with Crippen molar-refractivity contribution in [2.75, 3.05) is 7.11 Å². The molecule has 0 fully saturated rings. The van der Waals surface area contributed by atoms with Crippen molar-refractivity contribution < 1.29 is 19.0 Å². The quantitative estimate of drug-likeness (QED) is 0.625. The third-order valence-electron chi connectivity index (χ3n) is 2.09. The first-order chi connectivity index (χ1) is 6.10. The lowest BCUT2D eigenvalue weighted by molar-refractivity contribution is -0.191. The van der Waals surface area contributed by atoms with Crippen LogP contribution in [0, 0.1) is 5.92 Å². The third kappa shape index (κ3) is 1.94. The second-order valence-corrected chi connectivity index (χ2v) is 3.23. The molecular weight excluding hydrogens is 172 g/mol. The van der Waals surface area contributed by atoms with Crippen LogP contribution in [0.5, 0.6) is 0 Å². The molecule has 0 aliphatic carbocycles. The highest BCUT2D eigenvalue weighted by Crippen LogP contribution is 2.32. The fourth-order valence-electron chi connectivity index (χ4n) is 1.15. The molecule has 0 spiro atoms. The van der Waals surface area contributed by atoms with Crippen LogP contribution in [0.25, 0.3) is 0 Å². The van der Waals surface area contributed by atoms with E-state index in [9.17, 15) is 4.79 Å². The van der Waals surface area contributed by atoms with E-state index in [1.807, 2.05) is 13.8 Å². The first-order valence-electron chi connectivity index (χ1n) is 4.18. The maximum atomic E-state index is 11.1. The molecule has 0 N–H and O–H groups in total. The predicted molar refractivity (Wildman–Crippen MR) is 45.5 cm³/mol. The molecule has 1 heterocycles. The molecule has 1 aliphatic heterocycles. The fourth-order valence-corrected chi connectivity index (χ4v) is 1.15. The normalized spacial score (nSPS) is 18.2. The Kier molecular flexibility index (Phi) is 2.80. The Morgan fingerprint density at radius 3 is 2.38 bits per heavy atom. The van der Waals surface area contributed by atoms with E-state index in [1.54, 1.807) is 0 Å². The second kappa shape index (κ2) is 3.68. The maximum absolute atomic E-state index is 11.1. The molecule has 0 saturated carbocycles. The largest absolute Gasteiger partial charge is 0.469 e. The van der Waals surface area contributed by atoms with Crippen LogP contribution in [0.3, 0.4) is 0 Å². The van der Waals surface area contributed by atoms with Gasteiger partial charge in [0.1, 0.15) is 18.9 Å². The molecule has 4 nitrogen and oxygen atoms in total. The number of esters is 1. The van der Waals surface area contributed by atoms with Crippen LogP contribution in [-0.4, -0.2) is 18.9 Å². The van der Waals surface area contributed by atoms with Crippen molar-refractivity contribution in [2.45, 2.75) is 26.1 Å². The molecule has 74 valence electrons. The van der Waals surface area contributed by atoms with E-state index >= 15 is 0 Å². The van der Waals surface area contributed by atoms with Gasteiger partial charge in [0.05, 0.1) is 7.11 Å². The van der Waals surface area contributed by atoms with Crippen LogP contribution < -0.4 is 0 Å². The van der Waals surface area contributed by atoms with Gasteiger partial charge in [0.25, 0.3) is 5.79 Å². The number of rotatable bonds is 3. The second-order valence-electron chi connectivity index (χ2n) is 3.23. The van der Waals surface area contributed by atoms with Crippen molar-refractivity contribution in [3.63, 3.8) is 0 Å². The van der Waals surface area contributed by atoms with Gasteiger partial charge in [0, 0.05) is 5.92 Å². The molecule has 0 aromatic heterocycles.